The van der Waals surface area contributed by atoms with Crippen molar-refractivity contribution in [2.75, 3.05) is 30.1 Å². The van der Waals surface area contributed by atoms with Gasteiger partial charge in [-0.05, 0) is 86.1 Å². The molecule has 4 heterocycles. The molecule has 2 saturated heterocycles. The van der Waals surface area contributed by atoms with Crippen molar-refractivity contribution in [3.05, 3.63) is 108 Å². The van der Waals surface area contributed by atoms with Gasteiger partial charge in [-0.2, -0.15) is 0 Å². The van der Waals surface area contributed by atoms with E-state index in [1.54, 1.807) is 33.9 Å². The van der Waals surface area contributed by atoms with Crippen molar-refractivity contribution in [1.82, 2.24) is 4.90 Å². The Morgan fingerprint density at radius 1 is 0.963 bits per heavy atom. The van der Waals surface area contributed by atoms with Crippen molar-refractivity contribution >= 4 is 43.1 Å². The number of methoxy groups -OCH3 is 1. The van der Waals surface area contributed by atoms with E-state index in [1.807, 2.05) is 98.9 Å². The second-order valence-electron chi connectivity index (χ2n) is 15.3. The summed E-state index contributed by atoms with van der Waals surface area (Å²) in [5, 5.41) is 9.93. The predicted octanol–water partition coefficient (Wildman–Crippen LogP) is 6.50. The molecule has 5 atom stereocenters. The van der Waals surface area contributed by atoms with Gasteiger partial charge >= 0.3 is 0 Å². The Kier molecular flexibility index (Phi) is 9.12. The maximum absolute atomic E-state index is 15.1. The third kappa shape index (κ3) is 5.79. The number of nitrogens with zero attached hydrogens (tertiary/aromatic N) is 3. The molecule has 0 bridgehead atoms. The fourth-order valence-corrected chi connectivity index (χ4v) is 11.8. The van der Waals surface area contributed by atoms with Crippen LogP contribution in [-0.2, 0) is 26.5 Å². The van der Waals surface area contributed by atoms with Gasteiger partial charge in [0.2, 0.25) is 5.91 Å². The van der Waals surface area contributed by atoms with Crippen LogP contribution in [0.25, 0.3) is 0 Å². The van der Waals surface area contributed by atoms with E-state index in [0.29, 0.717) is 52.0 Å². The molecule has 54 heavy (non-hydrogen) atoms. The highest BCUT2D eigenvalue weighted by atomic mass is 28.4. The normalized spacial score (nSPS) is 24.7. The summed E-state index contributed by atoms with van der Waals surface area (Å²) in [5.41, 5.74) is 1.78. The maximum atomic E-state index is 15.1. The number of benzene rings is 4. The van der Waals surface area contributed by atoms with Gasteiger partial charge in [0.05, 0.1) is 55.8 Å². The van der Waals surface area contributed by atoms with E-state index in [4.69, 9.17) is 14.2 Å². The Hall–Kier alpha value is -5.01. The lowest BCUT2D eigenvalue weighted by atomic mass is 9.82. The number of amides is 3. The third-order valence-corrected chi connectivity index (χ3v) is 14.1. The van der Waals surface area contributed by atoms with Crippen LogP contribution in [0.5, 0.6) is 17.2 Å². The van der Waals surface area contributed by atoms with Crippen LogP contribution in [0.4, 0.5) is 17.1 Å². The van der Waals surface area contributed by atoms with Gasteiger partial charge in [-0.3, -0.25) is 19.3 Å². The zero-order chi connectivity index (χ0) is 37.9. The molecule has 280 valence electrons. The van der Waals surface area contributed by atoms with Crippen LogP contribution >= 0.6 is 0 Å². The monoisotopic (exact) mass is 747 g/mol. The van der Waals surface area contributed by atoms with E-state index in [-0.39, 0.29) is 43.3 Å². The lowest BCUT2D eigenvalue weighted by Gasteiger charge is -2.33. The van der Waals surface area contributed by atoms with E-state index in [2.05, 4.69) is 0 Å². The standard InChI is InChI=1S/C42H45N3O8Si/c1-26-39(54(3,4)50)37(23-38(47)43-20-10-13-29(43)25-46)53-42(26)32-22-30(51-2)18-19-33(32)44(41(42)49)24-27-11-9-12-28(21-27)45-34-15-6-8-17-36(34)52-35-16-7-5-14-31(35)40(45)48/h5-9,11-12,14-19,21-22,26,29,37,39,46,50H,10,13,20,23-25H2,1-4H3/t26-,29-,37+,39-,42+/m0/s1. The van der Waals surface area contributed by atoms with Crippen molar-refractivity contribution < 1.29 is 38.5 Å². The zero-order valence-corrected chi connectivity index (χ0v) is 31.9. The van der Waals surface area contributed by atoms with Gasteiger partial charge in [-0.15, -0.1) is 0 Å². The minimum Gasteiger partial charge on any atom is -0.497 e. The Bertz CT molecular complexity index is 2140. The van der Waals surface area contributed by atoms with E-state index < -0.39 is 31.5 Å². The molecule has 4 aliphatic heterocycles. The molecule has 0 unspecified atom stereocenters. The van der Waals surface area contributed by atoms with Gasteiger partial charge in [-0.25, -0.2) is 0 Å². The fraction of sp³-hybridized carbons (Fsp3) is 0.357. The molecule has 2 N–H and O–H groups in total. The van der Waals surface area contributed by atoms with E-state index in [9.17, 15) is 19.5 Å². The first kappa shape index (κ1) is 36.0. The summed E-state index contributed by atoms with van der Waals surface area (Å²) < 4.78 is 18.8. The Labute approximate surface area is 315 Å². The molecule has 0 saturated carbocycles. The van der Waals surface area contributed by atoms with Crippen LogP contribution in [0, 0.1) is 5.92 Å². The maximum Gasteiger partial charge on any atom is 0.266 e. The minimum atomic E-state index is -3.03. The van der Waals surface area contributed by atoms with E-state index >= 15 is 4.79 Å². The molecule has 4 aliphatic rings. The quantitative estimate of drug-likeness (QED) is 0.196. The number of fused-ring (bicyclic) bond motifs is 4. The first-order valence-corrected chi connectivity index (χ1v) is 21.6. The number of likely N-dealkylation sites (tertiary alicyclic amines) is 1. The molecule has 0 aliphatic carbocycles. The molecule has 4 aromatic rings. The Morgan fingerprint density at radius 2 is 1.72 bits per heavy atom. The molecule has 0 radical (unpaired) electrons. The number of aliphatic hydroxyl groups is 1. The van der Waals surface area contributed by atoms with Gasteiger partial charge in [0, 0.05) is 29.3 Å². The lowest BCUT2D eigenvalue weighted by Crippen LogP contribution is -2.46. The number of carbonyl (C=O) groups is 3. The van der Waals surface area contributed by atoms with Crippen molar-refractivity contribution in [1.29, 1.82) is 0 Å². The molecule has 1 spiro atoms. The van der Waals surface area contributed by atoms with E-state index in [1.165, 1.54) is 0 Å². The van der Waals surface area contributed by atoms with Gasteiger partial charge in [0.15, 0.2) is 19.7 Å². The van der Waals surface area contributed by atoms with Gasteiger partial charge in [-0.1, -0.05) is 43.3 Å². The van der Waals surface area contributed by atoms with Gasteiger partial charge < -0.3 is 33.9 Å². The first-order chi connectivity index (χ1) is 26.0. The third-order valence-electron chi connectivity index (χ3n) is 11.6. The highest BCUT2D eigenvalue weighted by Crippen LogP contribution is 2.60. The Morgan fingerprint density at radius 3 is 2.48 bits per heavy atom. The molecule has 4 aromatic carbocycles. The predicted molar refractivity (Wildman–Crippen MR) is 206 cm³/mol. The molecule has 11 nitrogen and oxygen atoms in total. The second kappa shape index (κ2) is 13.7. The zero-order valence-electron chi connectivity index (χ0n) is 30.9. The topological polar surface area (TPSA) is 129 Å². The first-order valence-electron chi connectivity index (χ1n) is 18.6. The van der Waals surface area contributed by atoms with Crippen LogP contribution in [0.2, 0.25) is 18.6 Å². The average Bonchev–Trinajstić information content (AvgIpc) is 3.80. The van der Waals surface area contributed by atoms with E-state index in [0.717, 1.165) is 18.4 Å². The van der Waals surface area contributed by atoms with Crippen molar-refractivity contribution in [2.45, 2.75) is 69.1 Å². The van der Waals surface area contributed by atoms with Crippen LogP contribution in [-0.4, -0.2) is 73.2 Å². The summed E-state index contributed by atoms with van der Waals surface area (Å²) in [7, 11) is -1.46. The molecule has 0 aromatic heterocycles. The molecular weight excluding hydrogens is 703 g/mol. The van der Waals surface area contributed by atoms with Crippen LogP contribution in [0.3, 0.4) is 0 Å². The van der Waals surface area contributed by atoms with Gasteiger partial charge in [0.25, 0.3) is 11.8 Å². The lowest BCUT2D eigenvalue weighted by molar-refractivity contribution is -0.150. The molecule has 2 fully saturated rings. The number of hydrogen-bond donors (Lipinski definition) is 2. The molecule has 8 rings (SSSR count). The summed E-state index contributed by atoms with van der Waals surface area (Å²) in [5.74, 6) is 0.427. The number of ether oxygens (including phenoxy) is 3. The summed E-state index contributed by atoms with van der Waals surface area (Å²) in [4.78, 5) is 59.9. The summed E-state index contributed by atoms with van der Waals surface area (Å²) in [6.45, 7) is 6.23. The number of anilines is 3. The number of para-hydroxylation sites is 3. The Balaban J connectivity index is 1.16. The van der Waals surface area contributed by atoms with Crippen molar-refractivity contribution in [2.24, 2.45) is 5.92 Å². The smallest absolute Gasteiger partial charge is 0.266 e. The van der Waals surface area contributed by atoms with Crippen molar-refractivity contribution in [3.63, 3.8) is 0 Å². The molecule has 12 heteroatoms. The van der Waals surface area contributed by atoms with Crippen LogP contribution in [0.15, 0.2) is 91.0 Å². The highest BCUT2D eigenvalue weighted by Gasteiger charge is 2.66. The van der Waals surface area contributed by atoms with Gasteiger partial charge in [0.1, 0.15) is 11.5 Å². The molecular formula is C42H45N3O8Si. The minimum absolute atomic E-state index is 0.00292. The summed E-state index contributed by atoms with van der Waals surface area (Å²) in [6, 6.07) is 27.4. The summed E-state index contributed by atoms with van der Waals surface area (Å²) in [6.07, 6.45) is 0.828. The van der Waals surface area contributed by atoms with Crippen LogP contribution in [0.1, 0.15) is 47.7 Å². The van der Waals surface area contributed by atoms with Crippen LogP contribution < -0.4 is 19.3 Å². The average molecular weight is 748 g/mol. The van der Waals surface area contributed by atoms with Crippen molar-refractivity contribution in [3.8, 4) is 17.2 Å². The fourth-order valence-electron chi connectivity index (χ4n) is 9.23. The number of rotatable bonds is 8. The number of carbonyl (C=O) groups excluding carboxylic acids is 3. The summed E-state index contributed by atoms with van der Waals surface area (Å²) >= 11 is 0. The molecule has 3 amide bonds. The number of hydrogen-bond acceptors (Lipinski definition) is 8. The highest BCUT2D eigenvalue weighted by molar-refractivity contribution is 6.71. The second-order valence-corrected chi connectivity index (χ2v) is 19.3. The number of aliphatic hydroxyl groups excluding tert-OH is 1. The SMILES string of the molecule is COc1ccc2c(c1)[C@@]1(O[C@H](CC(=O)N3CCC[C@H]3CO)[C@@H]([Si](C)(C)O)[C@@H]1C)C(=O)N2Cc1cccc(N2C(=O)c3ccccc3Oc3ccccc32)c1. The largest absolute Gasteiger partial charge is 0.497 e.